The van der Waals surface area contributed by atoms with Gasteiger partial charge < -0.3 is 15.0 Å². The van der Waals surface area contributed by atoms with E-state index < -0.39 is 0 Å². The van der Waals surface area contributed by atoms with Crippen molar-refractivity contribution in [3.05, 3.63) is 58.6 Å². The molecule has 0 aromatic heterocycles. The molecule has 5 heteroatoms. The van der Waals surface area contributed by atoms with Crippen LogP contribution in [0.5, 0.6) is 5.75 Å². The van der Waals surface area contributed by atoms with Gasteiger partial charge in [0, 0.05) is 12.7 Å². The molecule has 0 aliphatic heterocycles. The van der Waals surface area contributed by atoms with Crippen molar-refractivity contribution in [1.29, 1.82) is 0 Å². The Morgan fingerprint density at radius 1 is 1.32 bits per heavy atom. The molecule has 1 amide bonds. The van der Waals surface area contributed by atoms with Gasteiger partial charge in [0.15, 0.2) is 0 Å². The standard InChI is InChI=1S/C20H23ClN2O2/c1-23(18-9-5-7-14-6-3-4-8-16(14)18)20(24)13-22-15-10-11-19(25-2)17(21)12-15/h3-4,6,8,10-12,18,22H,5,7,9,13H2,1-2H3. The molecule has 1 N–H and O–H groups in total. The fourth-order valence-corrected chi connectivity index (χ4v) is 3.64. The summed E-state index contributed by atoms with van der Waals surface area (Å²) in [5.41, 5.74) is 3.43. The molecule has 1 aliphatic rings. The van der Waals surface area contributed by atoms with Crippen LogP contribution >= 0.6 is 11.6 Å². The van der Waals surface area contributed by atoms with Gasteiger partial charge in [-0.3, -0.25) is 4.79 Å². The molecule has 132 valence electrons. The maximum atomic E-state index is 12.6. The minimum atomic E-state index is 0.0636. The molecule has 0 fully saturated rings. The summed E-state index contributed by atoms with van der Waals surface area (Å²) in [4.78, 5) is 14.5. The second-order valence-corrected chi connectivity index (χ2v) is 6.72. The number of nitrogens with zero attached hydrogens (tertiary/aromatic N) is 1. The smallest absolute Gasteiger partial charge is 0.242 e. The summed E-state index contributed by atoms with van der Waals surface area (Å²) in [7, 11) is 3.46. The summed E-state index contributed by atoms with van der Waals surface area (Å²) in [6.45, 7) is 0.234. The predicted octanol–water partition coefficient (Wildman–Crippen LogP) is 4.30. The number of hydrogen-bond acceptors (Lipinski definition) is 3. The van der Waals surface area contributed by atoms with E-state index in [2.05, 4.69) is 23.5 Å². The highest BCUT2D eigenvalue weighted by molar-refractivity contribution is 6.32. The molecular weight excluding hydrogens is 336 g/mol. The number of likely N-dealkylation sites (N-methyl/N-ethyl adjacent to an activating group) is 1. The molecule has 4 nitrogen and oxygen atoms in total. The third-order valence-electron chi connectivity index (χ3n) is 4.79. The molecule has 0 spiro atoms. The third kappa shape index (κ3) is 3.90. The molecule has 2 aromatic rings. The first kappa shape index (κ1) is 17.6. The second kappa shape index (κ2) is 7.79. The number of hydrogen-bond donors (Lipinski definition) is 1. The average molecular weight is 359 g/mol. The van der Waals surface area contributed by atoms with Gasteiger partial charge in [0.25, 0.3) is 0 Å². The van der Waals surface area contributed by atoms with Crippen LogP contribution in [0.25, 0.3) is 0 Å². The van der Waals surface area contributed by atoms with Gasteiger partial charge in [0.05, 0.1) is 24.7 Å². The van der Waals surface area contributed by atoms with Crippen molar-refractivity contribution >= 4 is 23.2 Å². The van der Waals surface area contributed by atoms with E-state index >= 15 is 0 Å². The second-order valence-electron chi connectivity index (χ2n) is 6.31. The minimum Gasteiger partial charge on any atom is -0.495 e. The lowest BCUT2D eigenvalue weighted by Gasteiger charge is -2.33. The first-order valence-electron chi connectivity index (χ1n) is 8.51. The fourth-order valence-electron chi connectivity index (χ4n) is 3.38. The van der Waals surface area contributed by atoms with E-state index in [1.165, 1.54) is 11.1 Å². The Kier molecular flexibility index (Phi) is 5.49. The molecule has 0 radical (unpaired) electrons. The van der Waals surface area contributed by atoms with Crippen LogP contribution in [0.4, 0.5) is 5.69 Å². The zero-order valence-electron chi connectivity index (χ0n) is 14.6. The Labute approximate surface area is 153 Å². The number of fused-ring (bicyclic) bond motifs is 1. The van der Waals surface area contributed by atoms with E-state index in [-0.39, 0.29) is 18.5 Å². The normalized spacial score (nSPS) is 16.0. The van der Waals surface area contributed by atoms with Gasteiger partial charge in [0.1, 0.15) is 5.75 Å². The topological polar surface area (TPSA) is 41.6 Å². The number of rotatable bonds is 5. The van der Waals surface area contributed by atoms with Crippen molar-refractivity contribution in [2.75, 3.05) is 26.0 Å². The van der Waals surface area contributed by atoms with Crippen molar-refractivity contribution in [1.82, 2.24) is 4.90 Å². The number of carbonyl (C=O) groups is 1. The molecule has 1 atom stereocenters. The van der Waals surface area contributed by atoms with E-state index in [0.717, 1.165) is 24.9 Å². The number of ether oxygens (including phenoxy) is 1. The molecule has 2 aromatic carbocycles. The van der Waals surface area contributed by atoms with Crippen LogP contribution in [0.1, 0.15) is 30.0 Å². The minimum absolute atomic E-state index is 0.0636. The van der Waals surface area contributed by atoms with Crippen LogP contribution < -0.4 is 10.1 Å². The number of amides is 1. The monoisotopic (exact) mass is 358 g/mol. The van der Waals surface area contributed by atoms with Crippen molar-refractivity contribution in [2.24, 2.45) is 0 Å². The maximum Gasteiger partial charge on any atom is 0.242 e. The van der Waals surface area contributed by atoms with Crippen molar-refractivity contribution in [3.63, 3.8) is 0 Å². The Morgan fingerprint density at radius 3 is 2.88 bits per heavy atom. The van der Waals surface area contributed by atoms with Gasteiger partial charge >= 0.3 is 0 Å². The molecule has 1 aliphatic carbocycles. The molecule has 0 heterocycles. The highest BCUT2D eigenvalue weighted by atomic mass is 35.5. The number of methoxy groups -OCH3 is 1. The van der Waals surface area contributed by atoms with E-state index in [4.69, 9.17) is 16.3 Å². The highest BCUT2D eigenvalue weighted by Crippen LogP contribution is 2.33. The average Bonchev–Trinajstić information content (AvgIpc) is 2.65. The molecule has 0 saturated heterocycles. The summed E-state index contributed by atoms with van der Waals surface area (Å²) in [5.74, 6) is 0.683. The SMILES string of the molecule is COc1ccc(NCC(=O)N(C)C2CCCc3ccccc32)cc1Cl. The van der Waals surface area contributed by atoms with E-state index in [1.807, 2.05) is 24.1 Å². The Balaban J connectivity index is 1.65. The molecule has 0 saturated carbocycles. The van der Waals surface area contributed by atoms with Gasteiger partial charge in [-0.2, -0.15) is 0 Å². The Morgan fingerprint density at radius 2 is 2.12 bits per heavy atom. The zero-order valence-corrected chi connectivity index (χ0v) is 15.3. The summed E-state index contributed by atoms with van der Waals surface area (Å²) < 4.78 is 5.14. The lowest BCUT2D eigenvalue weighted by molar-refractivity contribution is -0.130. The number of nitrogens with one attached hydrogen (secondary N) is 1. The quantitative estimate of drug-likeness (QED) is 0.866. The van der Waals surface area contributed by atoms with Crippen LogP contribution in [0, 0.1) is 0 Å². The van der Waals surface area contributed by atoms with Crippen LogP contribution in [-0.4, -0.2) is 31.5 Å². The van der Waals surface area contributed by atoms with Gasteiger partial charge in [-0.25, -0.2) is 0 Å². The third-order valence-corrected chi connectivity index (χ3v) is 5.09. The lowest BCUT2D eigenvalue weighted by Crippen LogP contribution is -2.36. The van der Waals surface area contributed by atoms with Crippen molar-refractivity contribution in [2.45, 2.75) is 25.3 Å². The van der Waals surface area contributed by atoms with Crippen LogP contribution in [0.2, 0.25) is 5.02 Å². The van der Waals surface area contributed by atoms with E-state index in [0.29, 0.717) is 10.8 Å². The first-order valence-corrected chi connectivity index (χ1v) is 8.89. The highest BCUT2D eigenvalue weighted by Gasteiger charge is 2.26. The predicted molar refractivity (Wildman–Crippen MR) is 101 cm³/mol. The van der Waals surface area contributed by atoms with Gasteiger partial charge in [0.2, 0.25) is 5.91 Å². The number of carbonyl (C=O) groups excluding carboxylic acids is 1. The summed E-state index contributed by atoms with van der Waals surface area (Å²) in [6, 6.07) is 14.0. The van der Waals surface area contributed by atoms with Crippen LogP contribution in [0.3, 0.4) is 0 Å². The van der Waals surface area contributed by atoms with Crippen molar-refractivity contribution < 1.29 is 9.53 Å². The maximum absolute atomic E-state index is 12.6. The van der Waals surface area contributed by atoms with Crippen LogP contribution in [-0.2, 0) is 11.2 Å². The van der Waals surface area contributed by atoms with Gasteiger partial charge in [-0.15, -0.1) is 0 Å². The Hall–Kier alpha value is -2.20. The number of anilines is 1. The van der Waals surface area contributed by atoms with E-state index in [1.54, 1.807) is 19.2 Å². The van der Waals surface area contributed by atoms with Gasteiger partial charge in [-0.05, 0) is 48.6 Å². The summed E-state index contributed by atoms with van der Waals surface area (Å²) in [6.07, 6.45) is 3.21. The summed E-state index contributed by atoms with van der Waals surface area (Å²) >= 11 is 6.12. The van der Waals surface area contributed by atoms with E-state index in [9.17, 15) is 4.79 Å². The molecular formula is C20H23ClN2O2. The number of benzene rings is 2. The molecule has 25 heavy (non-hydrogen) atoms. The zero-order chi connectivity index (χ0) is 17.8. The fraction of sp³-hybridized carbons (Fsp3) is 0.350. The van der Waals surface area contributed by atoms with Crippen molar-refractivity contribution in [3.8, 4) is 5.75 Å². The number of aryl methyl sites for hydroxylation is 1. The first-order chi connectivity index (χ1) is 12.1. The Bertz CT molecular complexity index is 763. The molecule has 0 bridgehead atoms. The lowest BCUT2D eigenvalue weighted by atomic mass is 9.87. The molecule has 3 rings (SSSR count). The molecule has 1 unspecified atom stereocenters. The summed E-state index contributed by atoms with van der Waals surface area (Å²) in [5, 5.41) is 3.67. The number of halogens is 1. The van der Waals surface area contributed by atoms with Crippen LogP contribution in [0.15, 0.2) is 42.5 Å². The largest absolute Gasteiger partial charge is 0.495 e. The van der Waals surface area contributed by atoms with Gasteiger partial charge in [-0.1, -0.05) is 35.9 Å².